The van der Waals surface area contributed by atoms with E-state index in [2.05, 4.69) is 19.2 Å². The Bertz CT molecular complexity index is 611. The number of rotatable bonds is 6. The molecular formula is C15H22ClNO3S. The zero-order valence-electron chi connectivity index (χ0n) is 12.8. The second-order valence-corrected chi connectivity index (χ2v) is 8.33. The molecular weight excluding hydrogens is 310 g/mol. The van der Waals surface area contributed by atoms with Gasteiger partial charge in [-0.05, 0) is 56.4 Å². The molecule has 118 valence electrons. The maximum atomic E-state index is 12.2. The molecule has 0 saturated carbocycles. The smallest absolute Gasteiger partial charge is 0.261 e. The highest BCUT2D eigenvalue weighted by molar-refractivity contribution is 8.13. The van der Waals surface area contributed by atoms with Gasteiger partial charge in [-0.2, -0.15) is 0 Å². The van der Waals surface area contributed by atoms with Gasteiger partial charge < -0.3 is 5.32 Å². The standard InChI is InChI=1S/C15H22ClNO3S/c1-10(2)5-6-12(4)17-15(18)14-8-7-13(9-11(14)3)21(16,19)20/h7-10,12H,5-6H2,1-4H3,(H,17,18). The van der Waals surface area contributed by atoms with E-state index in [4.69, 9.17) is 10.7 Å². The lowest BCUT2D eigenvalue weighted by Gasteiger charge is -2.16. The molecule has 0 heterocycles. The van der Waals surface area contributed by atoms with Crippen molar-refractivity contribution in [2.75, 3.05) is 0 Å². The van der Waals surface area contributed by atoms with Crippen molar-refractivity contribution >= 4 is 25.6 Å². The van der Waals surface area contributed by atoms with Crippen molar-refractivity contribution < 1.29 is 13.2 Å². The third-order valence-corrected chi connectivity index (χ3v) is 4.63. The van der Waals surface area contributed by atoms with Crippen LogP contribution in [0.1, 0.15) is 49.5 Å². The Balaban J connectivity index is 2.80. The third kappa shape index (κ3) is 5.67. The van der Waals surface area contributed by atoms with E-state index >= 15 is 0 Å². The lowest BCUT2D eigenvalue weighted by atomic mass is 10.0. The molecule has 0 fully saturated rings. The van der Waals surface area contributed by atoms with Crippen LogP contribution in [0, 0.1) is 12.8 Å². The van der Waals surface area contributed by atoms with Crippen LogP contribution in [-0.2, 0) is 9.05 Å². The van der Waals surface area contributed by atoms with Gasteiger partial charge in [0, 0.05) is 22.3 Å². The number of aryl methyl sites for hydroxylation is 1. The second-order valence-electron chi connectivity index (χ2n) is 5.76. The first kappa shape index (κ1) is 18.0. The van der Waals surface area contributed by atoms with Gasteiger partial charge >= 0.3 is 0 Å². The molecule has 0 aliphatic heterocycles. The molecule has 0 saturated heterocycles. The van der Waals surface area contributed by atoms with Crippen molar-refractivity contribution in [3.05, 3.63) is 29.3 Å². The van der Waals surface area contributed by atoms with Gasteiger partial charge in [-0.1, -0.05) is 13.8 Å². The van der Waals surface area contributed by atoms with Gasteiger partial charge in [0.05, 0.1) is 4.90 Å². The maximum Gasteiger partial charge on any atom is 0.261 e. The number of hydrogen-bond acceptors (Lipinski definition) is 3. The summed E-state index contributed by atoms with van der Waals surface area (Å²) in [6.07, 6.45) is 1.96. The topological polar surface area (TPSA) is 63.2 Å². The number of carbonyl (C=O) groups is 1. The quantitative estimate of drug-likeness (QED) is 0.812. The van der Waals surface area contributed by atoms with Crippen LogP contribution in [0.25, 0.3) is 0 Å². The Kier molecular flexibility index (Phi) is 6.23. The van der Waals surface area contributed by atoms with Crippen molar-refractivity contribution in [3.63, 3.8) is 0 Å². The molecule has 0 bridgehead atoms. The fourth-order valence-corrected chi connectivity index (χ4v) is 2.84. The molecule has 21 heavy (non-hydrogen) atoms. The molecule has 0 radical (unpaired) electrons. The SMILES string of the molecule is Cc1cc(S(=O)(=O)Cl)ccc1C(=O)NC(C)CCC(C)C. The second kappa shape index (κ2) is 7.27. The van der Waals surface area contributed by atoms with E-state index in [0.29, 0.717) is 17.0 Å². The van der Waals surface area contributed by atoms with Gasteiger partial charge in [0.2, 0.25) is 0 Å². The molecule has 4 nitrogen and oxygen atoms in total. The van der Waals surface area contributed by atoms with Gasteiger partial charge in [-0.25, -0.2) is 8.42 Å². The fourth-order valence-electron chi connectivity index (χ4n) is 2.00. The van der Waals surface area contributed by atoms with Gasteiger partial charge in [0.1, 0.15) is 0 Å². The Hall–Kier alpha value is -1.07. The third-order valence-electron chi connectivity index (χ3n) is 3.28. The first-order chi connectivity index (χ1) is 9.61. The van der Waals surface area contributed by atoms with E-state index in [-0.39, 0.29) is 16.8 Å². The molecule has 1 aromatic carbocycles. The highest BCUT2D eigenvalue weighted by atomic mass is 35.7. The molecule has 0 aliphatic rings. The Morgan fingerprint density at radius 1 is 1.24 bits per heavy atom. The van der Waals surface area contributed by atoms with Crippen molar-refractivity contribution in [3.8, 4) is 0 Å². The minimum Gasteiger partial charge on any atom is -0.350 e. The molecule has 1 rings (SSSR count). The van der Waals surface area contributed by atoms with Crippen LogP contribution in [0.15, 0.2) is 23.1 Å². The number of hydrogen-bond donors (Lipinski definition) is 1. The van der Waals surface area contributed by atoms with Crippen LogP contribution < -0.4 is 5.32 Å². The molecule has 0 spiro atoms. The predicted molar refractivity (Wildman–Crippen MR) is 85.2 cm³/mol. The van der Waals surface area contributed by atoms with E-state index in [1.54, 1.807) is 6.92 Å². The number of nitrogens with one attached hydrogen (secondary N) is 1. The van der Waals surface area contributed by atoms with E-state index in [9.17, 15) is 13.2 Å². The maximum absolute atomic E-state index is 12.2. The number of amides is 1. The van der Waals surface area contributed by atoms with E-state index < -0.39 is 9.05 Å². The highest BCUT2D eigenvalue weighted by Crippen LogP contribution is 2.19. The van der Waals surface area contributed by atoms with Crippen LogP contribution in [0.4, 0.5) is 0 Å². The summed E-state index contributed by atoms with van der Waals surface area (Å²) in [6, 6.07) is 4.34. The van der Waals surface area contributed by atoms with Gasteiger partial charge in [-0.3, -0.25) is 4.79 Å². The summed E-state index contributed by atoms with van der Waals surface area (Å²) in [6.45, 7) is 7.94. The van der Waals surface area contributed by atoms with Crippen LogP contribution in [0.5, 0.6) is 0 Å². The number of carbonyl (C=O) groups excluding carboxylic acids is 1. The van der Waals surface area contributed by atoms with Gasteiger partial charge in [0.25, 0.3) is 15.0 Å². The monoisotopic (exact) mass is 331 g/mol. The van der Waals surface area contributed by atoms with E-state index in [1.807, 2.05) is 6.92 Å². The molecule has 1 aromatic rings. The lowest BCUT2D eigenvalue weighted by Crippen LogP contribution is -2.33. The zero-order valence-corrected chi connectivity index (χ0v) is 14.4. The summed E-state index contributed by atoms with van der Waals surface area (Å²) in [5.74, 6) is 0.404. The molecule has 1 amide bonds. The Morgan fingerprint density at radius 3 is 2.33 bits per heavy atom. The van der Waals surface area contributed by atoms with Gasteiger partial charge in [0.15, 0.2) is 0 Å². The lowest BCUT2D eigenvalue weighted by molar-refractivity contribution is 0.0936. The summed E-state index contributed by atoms with van der Waals surface area (Å²) in [7, 11) is 1.52. The van der Waals surface area contributed by atoms with Crippen molar-refractivity contribution in [2.45, 2.75) is 51.5 Å². The van der Waals surface area contributed by atoms with Crippen molar-refractivity contribution in [2.24, 2.45) is 5.92 Å². The molecule has 0 aliphatic carbocycles. The zero-order chi connectivity index (χ0) is 16.2. The minimum absolute atomic E-state index is 0.00562. The molecule has 1 unspecified atom stereocenters. The fraction of sp³-hybridized carbons (Fsp3) is 0.533. The summed E-state index contributed by atoms with van der Waals surface area (Å²) in [5, 5.41) is 2.93. The average Bonchev–Trinajstić information content (AvgIpc) is 2.34. The van der Waals surface area contributed by atoms with Crippen LogP contribution in [0.2, 0.25) is 0 Å². The predicted octanol–water partition coefficient (Wildman–Crippen LogP) is 3.48. The summed E-state index contributed by atoms with van der Waals surface area (Å²) >= 11 is 0. The number of halogens is 1. The molecule has 6 heteroatoms. The van der Waals surface area contributed by atoms with E-state index in [0.717, 1.165) is 12.8 Å². The minimum atomic E-state index is -3.77. The largest absolute Gasteiger partial charge is 0.350 e. The first-order valence-corrected chi connectivity index (χ1v) is 9.28. The normalized spacial score (nSPS) is 13.2. The summed E-state index contributed by atoms with van der Waals surface area (Å²) in [5.41, 5.74) is 1.06. The molecule has 1 atom stereocenters. The summed E-state index contributed by atoms with van der Waals surface area (Å²) in [4.78, 5) is 12.2. The number of benzene rings is 1. The summed E-state index contributed by atoms with van der Waals surface area (Å²) < 4.78 is 22.5. The Labute approximate surface area is 131 Å². The van der Waals surface area contributed by atoms with Crippen molar-refractivity contribution in [1.29, 1.82) is 0 Å². The first-order valence-electron chi connectivity index (χ1n) is 6.97. The van der Waals surface area contributed by atoms with E-state index in [1.165, 1.54) is 18.2 Å². The Morgan fingerprint density at radius 2 is 1.86 bits per heavy atom. The highest BCUT2D eigenvalue weighted by Gasteiger charge is 2.16. The van der Waals surface area contributed by atoms with Gasteiger partial charge in [-0.15, -0.1) is 0 Å². The van der Waals surface area contributed by atoms with Crippen LogP contribution in [-0.4, -0.2) is 20.4 Å². The molecule has 0 aromatic heterocycles. The van der Waals surface area contributed by atoms with Crippen LogP contribution >= 0.6 is 10.7 Å². The average molecular weight is 332 g/mol. The van der Waals surface area contributed by atoms with Crippen LogP contribution in [0.3, 0.4) is 0 Å². The molecule has 1 N–H and O–H groups in total. The van der Waals surface area contributed by atoms with Crippen molar-refractivity contribution in [1.82, 2.24) is 5.32 Å².